The number of carbonyl (C=O) groups excluding carboxylic acids is 1. The van der Waals surface area contributed by atoms with Crippen molar-refractivity contribution in [3.05, 3.63) is 39.8 Å². The van der Waals surface area contributed by atoms with Crippen molar-refractivity contribution < 1.29 is 19.4 Å². The fourth-order valence-electron chi connectivity index (χ4n) is 4.04. The lowest BCUT2D eigenvalue weighted by Crippen LogP contribution is -2.48. The van der Waals surface area contributed by atoms with E-state index in [9.17, 15) is 14.7 Å². The van der Waals surface area contributed by atoms with E-state index in [1.165, 1.54) is 11.3 Å². The molecule has 4 rings (SSSR count). The van der Waals surface area contributed by atoms with Crippen LogP contribution in [0.2, 0.25) is 0 Å². The molecule has 1 N–H and O–H groups in total. The van der Waals surface area contributed by atoms with E-state index in [1.807, 2.05) is 21.8 Å². The van der Waals surface area contributed by atoms with Crippen LogP contribution < -0.4 is 0 Å². The Bertz CT molecular complexity index is 822. The number of likely N-dealkylation sites (tertiary alicyclic amines) is 1. The summed E-state index contributed by atoms with van der Waals surface area (Å²) in [7, 11) is 0. The van der Waals surface area contributed by atoms with Crippen molar-refractivity contribution in [2.75, 3.05) is 19.7 Å². The Morgan fingerprint density at radius 2 is 2.15 bits per heavy atom. The van der Waals surface area contributed by atoms with E-state index in [-0.39, 0.29) is 5.91 Å². The molecule has 1 amide bonds. The number of carboxylic acid groups (broad SMARTS) is 1. The van der Waals surface area contributed by atoms with Crippen molar-refractivity contribution in [1.82, 2.24) is 14.7 Å². The number of aromatic carboxylic acids is 1. The molecule has 27 heavy (non-hydrogen) atoms. The summed E-state index contributed by atoms with van der Waals surface area (Å²) in [5, 5.41) is 13.4. The highest BCUT2D eigenvalue weighted by Gasteiger charge is 2.43. The van der Waals surface area contributed by atoms with Crippen LogP contribution in [-0.2, 0) is 28.1 Å². The lowest BCUT2D eigenvalue weighted by molar-refractivity contribution is -0.140. The van der Waals surface area contributed by atoms with Crippen molar-refractivity contribution in [2.45, 2.75) is 44.2 Å². The number of hydrogen-bond acceptors (Lipinski definition) is 5. The van der Waals surface area contributed by atoms with Crippen molar-refractivity contribution in [3.63, 3.8) is 0 Å². The Labute approximate surface area is 161 Å². The van der Waals surface area contributed by atoms with Gasteiger partial charge in [0, 0.05) is 49.7 Å². The molecule has 0 aliphatic carbocycles. The molecule has 8 heteroatoms. The number of piperidine rings is 1. The zero-order chi connectivity index (χ0) is 18.9. The van der Waals surface area contributed by atoms with Crippen LogP contribution in [0.4, 0.5) is 0 Å². The summed E-state index contributed by atoms with van der Waals surface area (Å²) in [6.07, 6.45) is 7.15. The van der Waals surface area contributed by atoms with Crippen LogP contribution in [0.25, 0.3) is 0 Å². The molecule has 7 nitrogen and oxygen atoms in total. The normalized spacial score (nSPS) is 18.4. The predicted molar refractivity (Wildman–Crippen MR) is 99.9 cm³/mol. The SMILES string of the molecule is O=C(O)c1cc2c(s1)CCOC21CCN(C(=O)CCCn2cccn2)CC1. The molecular formula is C19H23N3O4S. The van der Waals surface area contributed by atoms with Crippen molar-refractivity contribution >= 4 is 23.2 Å². The van der Waals surface area contributed by atoms with Gasteiger partial charge in [-0.05, 0) is 37.0 Å². The monoisotopic (exact) mass is 389 g/mol. The molecule has 0 unspecified atom stereocenters. The Balaban J connectivity index is 1.36. The number of carboxylic acids is 1. The molecule has 2 aliphatic rings. The Morgan fingerprint density at radius 3 is 2.85 bits per heavy atom. The Morgan fingerprint density at radius 1 is 1.33 bits per heavy atom. The topological polar surface area (TPSA) is 84.7 Å². The number of aryl methyl sites for hydroxylation is 1. The minimum Gasteiger partial charge on any atom is -0.477 e. The molecule has 0 radical (unpaired) electrons. The molecule has 1 saturated heterocycles. The van der Waals surface area contributed by atoms with Gasteiger partial charge >= 0.3 is 5.97 Å². The lowest BCUT2D eigenvalue weighted by atomic mass is 9.82. The summed E-state index contributed by atoms with van der Waals surface area (Å²) >= 11 is 1.36. The van der Waals surface area contributed by atoms with E-state index in [0.29, 0.717) is 31.0 Å². The van der Waals surface area contributed by atoms with E-state index in [2.05, 4.69) is 5.10 Å². The summed E-state index contributed by atoms with van der Waals surface area (Å²) in [5.41, 5.74) is 0.603. The number of rotatable bonds is 5. The maximum absolute atomic E-state index is 12.5. The number of amides is 1. The Hall–Kier alpha value is -2.19. The summed E-state index contributed by atoms with van der Waals surface area (Å²) in [4.78, 5) is 27.3. The quantitative estimate of drug-likeness (QED) is 0.849. The second-order valence-electron chi connectivity index (χ2n) is 7.10. The standard InChI is InChI=1S/C19H23N3O4S/c23-17(3-1-8-22-9-2-7-20-22)21-10-5-19(6-11-21)14-13-16(18(24)25)27-15(14)4-12-26-19/h2,7,9,13H,1,3-6,8,10-12H2,(H,24,25). The summed E-state index contributed by atoms with van der Waals surface area (Å²) in [6, 6.07) is 3.66. The van der Waals surface area contributed by atoms with Gasteiger partial charge in [-0.3, -0.25) is 9.48 Å². The average molecular weight is 389 g/mol. The highest BCUT2D eigenvalue weighted by Crippen LogP contribution is 2.44. The second kappa shape index (κ2) is 7.44. The predicted octanol–water partition coefficient (Wildman–Crippen LogP) is 2.51. The molecule has 4 heterocycles. The van der Waals surface area contributed by atoms with E-state index in [1.54, 1.807) is 12.3 Å². The van der Waals surface area contributed by atoms with Crippen LogP contribution in [0.3, 0.4) is 0 Å². The van der Waals surface area contributed by atoms with Crippen LogP contribution in [0.15, 0.2) is 24.5 Å². The molecule has 0 saturated carbocycles. The number of ether oxygens (including phenoxy) is 1. The number of fused-ring (bicyclic) bond motifs is 2. The third-order valence-electron chi connectivity index (χ3n) is 5.48. The van der Waals surface area contributed by atoms with Crippen molar-refractivity contribution in [3.8, 4) is 0 Å². The van der Waals surface area contributed by atoms with Crippen molar-refractivity contribution in [1.29, 1.82) is 0 Å². The maximum Gasteiger partial charge on any atom is 0.345 e. The van der Waals surface area contributed by atoms with E-state index < -0.39 is 11.6 Å². The minimum absolute atomic E-state index is 0.171. The van der Waals surface area contributed by atoms with Gasteiger partial charge in [-0.1, -0.05) is 0 Å². The van der Waals surface area contributed by atoms with Crippen LogP contribution in [0.1, 0.15) is 45.8 Å². The van der Waals surface area contributed by atoms with Gasteiger partial charge in [0.05, 0.1) is 12.2 Å². The summed E-state index contributed by atoms with van der Waals surface area (Å²) < 4.78 is 7.99. The number of nitrogens with zero attached hydrogens (tertiary/aromatic N) is 3. The van der Waals surface area contributed by atoms with Crippen LogP contribution in [0, 0.1) is 0 Å². The molecule has 2 aliphatic heterocycles. The molecule has 144 valence electrons. The molecule has 0 aromatic carbocycles. The maximum atomic E-state index is 12.5. The minimum atomic E-state index is -0.880. The molecular weight excluding hydrogens is 366 g/mol. The van der Waals surface area contributed by atoms with Gasteiger partial charge < -0.3 is 14.7 Å². The molecule has 1 fully saturated rings. The fourth-order valence-corrected chi connectivity index (χ4v) is 5.11. The molecule has 0 atom stereocenters. The van der Waals surface area contributed by atoms with Gasteiger partial charge in [0.1, 0.15) is 4.88 Å². The number of thiophene rings is 1. The first-order chi connectivity index (χ1) is 13.1. The first kappa shape index (κ1) is 18.2. The third kappa shape index (κ3) is 3.64. The van der Waals surface area contributed by atoms with Gasteiger partial charge in [-0.25, -0.2) is 4.79 Å². The first-order valence-corrected chi connectivity index (χ1v) is 10.1. The largest absolute Gasteiger partial charge is 0.477 e. The molecule has 1 spiro atoms. The van der Waals surface area contributed by atoms with Crippen LogP contribution >= 0.6 is 11.3 Å². The number of hydrogen-bond donors (Lipinski definition) is 1. The van der Waals surface area contributed by atoms with Crippen LogP contribution in [-0.4, -0.2) is 51.4 Å². The third-order valence-corrected chi connectivity index (χ3v) is 6.66. The smallest absolute Gasteiger partial charge is 0.345 e. The molecule has 2 aromatic rings. The molecule has 2 aromatic heterocycles. The van der Waals surface area contributed by atoms with Crippen molar-refractivity contribution in [2.24, 2.45) is 0 Å². The molecule has 0 bridgehead atoms. The average Bonchev–Trinajstić information content (AvgIpc) is 3.32. The summed E-state index contributed by atoms with van der Waals surface area (Å²) in [5.74, 6) is -0.709. The van der Waals surface area contributed by atoms with E-state index in [4.69, 9.17) is 4.74 Å². The van der Waals surface area contributed by atoms with Crippen LogP contribution in [0.5, 0.6) is 0 Å². The van der Waals surface area contributed by atoms with Gasteiger partial charge in [0.25, 0.3) is 0 Å². The van der Waals surface area contributed by atoms with Gasteiger partial charge in [-0.15, -0.1) is 11.3 Å². The van der Waals surface area contributed by atoms with Gasteiger partial charge in [0.2, 0.25) is 5.91 Å². The Kier molecular flexibility index (Phi) is 5.01. The highest BCUT2D eigenvalue weighted by atomic mass is 32.1. The second-order valence-corrected chi connectivity index (χ2v) is 8.24. The number of carbonyl (C=O) groups is 2. The van der Waals surface area contributed by atoms with Gasteiger partial charge in [0.15, 0.2) is 0 Å². The zero-order valence-corrected chi connectivity index (χ0v) is 15.9. The highest BCUT2D eigenvalue weighted by molar-refractivity contribution is 7.14. The van der Waals surface area contributed by atoms with E-state index in [0.717, 1.165) is 42.7 Å². The first-order valence-electron chi connectivity index (χ1n) is 9.33. The number of aromatic nitrogens is 2. The van der Waals surface area contributed by atoms with E-state index >= 15 is 0 Å². The summed E-state index contributed by atoms with van der Waals surface area (Å²) in [6.45, 7) is 2.66. The fraction of sp³-hybridized carbons (Fsp3) is 0.526. The van der Waals surface area contributed by atoms with Gasteiger partial charge in [-0.2, -0.15) is 5.10 Å². The zero-order valence-electron chi connectivity index (χ0n) is 15.1. The lowest BCUT2D eigenvalue weighted by Gasteiger charge is -2.44.